The molecule has 132 valence electrons. The van der Waals surface area contributed by atoms with Crippen LogP contribution in [0.25, 0.3) is 0 Å². The summed E-state index contributed by atoms with van der Waals surface area (Å²) in [5.41, 5.74) is 2.12. The first-order chi connectivity index (χ1) is 11.4. The lowest BCUT2D eigenvalue weighted by molar-refractivity contribution is -0.139. The molecular weight excluding hydrogens is 328 g/mol. The topological polar surface area (TPSA) is 60.9 Å². The van der Waals surface area contributed by atoms with Gasteiger partial charge in [-0.2, -0.15) is 0 Å². The molecule has 1 N–H and O–H groups in total. The maximum absolute atomic E-state index is 12.4. The molecule has 0 radical (unpaired) electrons. The maximum atomic E-state index is 12.4. The molecule has 1 aromatic carbocycles. The number of benzene rings is 1. The Hall–Kier alpha value is -1.59. The molecule has 0 spiro atoms. The summed E-state index contributed by atoms with van der Waals surface area (Å²) in [5, 5.41) is 9.59. The van der Waals surface area contributed by atoms with E-state index in [1.165, 1.54) is 0 Å². The number of rotatable bonds is 6. The SMILES string of the molecule is Cc1ccc(CCC(=O)N2CCC(N(C)CC(=O)O)CC2)cc1Cl. The van der Waals surface area contributed by atoms with Gasteiger partial charge in [0, 0.05) is 30.6 Å². The normalized spacial score (nSPS) is 15.8. The first-order valence-electron chi connectivity index (χ1n) is 8.31. The van der Waals surface area contributed by atoms with E-state index in [1.807, 2.05) is 42.0 Å². The van der Waals surface area contributed by atoms with Gasteiger partial charge in [0.2, 0.25) is 5.91 Å². The predicted molar refractivity (Wildman–Crippen MR) is 94.4 cm³/mol. The van der Waals surface area contributed by atoms with Gasteiger partial charge >= 0.3 is 5.97 Å². The molecule has 1 heterocycles. The van der Waals surface area contributed by atoms with E-state index in [9.17, 15) is 9.59 Å². The van der Waals surface area contributed by atoms with E-state index in [2.05, 4.69) is 0 Å². The van der Waals surface area contributed by atoms with E-state index >= 15 is 0 Å². The van der Waals surface area contributed by atoms with Crippen molar-refractivity contribution in [3.63, 3.8) is 0 Å². The van der Waals surface area contributed by atoms with Crippen LogP contribution in [-0.4, -0.2) is 59.5 Å². The molecule has 1 aliphatic heterocycles. The van der Waals surface area contributed by atoms with E-state index in [1.54, 1.807) is 0 Å². The molecule has 24 heavy (non-hydrogen) atoms. The second-order valence-electron chi connectivity index (χ2n) is 6.50. The van der Waals surface area contributed by atoms with Crippen LogP contribution >= 0.6 is 11.6 Å². The number of carboxylic acids is 1. The lowest BCUT2D eigenvalue weighted by atomic mass is 10.0. The first kappa shape index (κ1) is 18.7. The maximum Gasteiger partial charge on any atom is 0.317 e. The van der Waals surface area contributed by atoms with Crippen molar-refractivity contribution in [3.05, 3.63) is 34.3 Å². The van der Waals surface area contributed by atoms with Gasteiger partial charge in [-0.05, 0) is 50.4 Å². The lowest BCUT2D eigenvalue weighted by Gasteiger charge is -2.36. The fraction of sp³-hybridized carbons (Fsp3) is 0.556. The van der Waals surface area contributed by atoms with Crippen molar-refractivity contribution in [2.75, 3.05) is 26.7 Å². The Kier molecular flexibility index (Phi) is 6.63. The van der Waals surface area contributed by atoms with Crippen molar-refractivity contribution >= 4 is 23.5 Å². The number of carbonyl (C=O) groups excluding carboxylic acids is 1. The molecule has 1 fully saturated rings. The number of aliphatic carboxylic acids is 1. The van der Waals surface area contributed by atoms with Crippen molar-refractivity contribution in [1.29, 1.82) is 0 Å². The molecule has 0 atom stereocenters. The molecule has 1 amide bonds. The van der Waals surface area contributed by atoms with Crippen LogP contribution in [-0.2, 0) is 16.0 Å². The van der Waals surface area contributed by atoms with Crippen molar-refractivity contribution in [2.24, 2.45) is 0 Å². The summed E-state index contributed by atoms with van der Waals surface area (Å²) in [6, 6.07) is 6.16. The van der Waals surface area contributed by atoms with Crippen LogP contribution in [0, 0.1) is 6.92 Å². The van der Waals surface area contributed by atoms with Crippen LogP contribution < -0.4 is 0 Å². The van der Waals surface area contributed by atoms with Crippen molar-refractivity contribution < 1.29 is 14.7 Å². The third kappa shape index (κ3) is 5.21. The molecule has 0 aliphatic carbocycles. The number of carbonyl (C=O) groups is 2. The van der Waals surface area contributed by atoms with E-state index in [4.69, 9.17) is 16.7 Å². The quantitative estimate of drug-likeness (QED) is 0.854. The van der Waals surface area contributed by atoms with Gasteiger partial charge in [-0.1, -0.05) is 23.7 Å². The van der Waals surface area contributed by atoms with Gasteiger partial charge in [0.1, 0.15) is 0 Å². The predicted octanol–water partition coefficient (Wildman–Crippen LogP) is 2.59. The number of carboxylic acid groups (broad SMARTS) is 1. The molecule has 1 aliphatic rings. The van der Waals surface area contributed by atoms with Gasteiger partial charge < -0.3 is 10.0 Å². The van der Waals surface area contributed by atoms with Crippen LogP contribution in [0.4, 0.5) is 0 Å². The Balaban J connectivity index is 1.78. The number of nitrogens with zero attached hydrogens (tertiary/aromatic N) is 2. The van der Waals surface area contributed by atoms with Crippen molar-refractivity contribution in [2.45, 2.75) is 38.6 Å². The van der Waals surface area contributed by atoms with Gasteiger partial charge in [-0.15, -0.1) is 0 Å². The lowest BCUT2D eigenvalue weighted by Crippen LogP contribution is -2.46. The van der Waals surface area contributed by atoms with Crippen LogP contribution in [0.1, 0.15) is 30.4 Å². The Morgan fingerprint density at radius 3 is 2.58 bits per heavy atom. The summed E-state index contributed by atoms with van der Waals surface area (Å²) in [6.07, 6.45) is 2.82. The summed E-state index contributed by atoms with van der Waals surface area (Å²) in [4.78, 5) is 26.9. The largest absolute Gasteiger partial charge is 0.480 e. The molecule has 6 heteroatoms. The summed E-state index contributed by atoms with van der Waals surface area (Å²) >= 11 is 6.12. The number of hydrogen-bond acceptors (Lipinski definition) is 3. The minimum atomic E-state index is -0.812. The summed E-state index contributed by atoms with van der Waals surface area (Å²) in [5.74, 6) is -0.654. The number of likely N-dealkylation sites (tertiary alicyclic amines) is 1. The van der Waals surface area contributed by atoms with Gasteiger partial charge in [0.25, 0.3) is 0 Å². The van der Waals surface area contributed by atoms with Gasteiger partial charge in [0.05, 0.1) is 6.54 Å². The fourth-order valence-electron chi connectivity index (χ4n) is 3.10. The summed E-state index contributed by atoms with van der Waals surface area (Å²) in [7, 11) is 1.83. The Bertz CT molecular complexity index is 598. The number of piperidine rings is 1. The zero-order chi connectivity index (χ0) is 17.7. The minimum Gasteiger partial charge on any atom is -0.480 e. The second-order valence-corrected chi connectivity index (χ2v) is 6.91. The molecule has 0 unspecified atom stereocenters. The first-order valence-corrected chi connectivity index (χ1v) is 8.69. The monoisotopic (exact) mass is 352 g/mol. The van der Waals surface area contributed by atoms with Crippen LogP contribution in [0.5, 0.6) is 0 Å². The van der Waals surface area contributed by atoms with Crippen LogP contribution in [0.2, 0.25) is 5.02 Å². The number of likely N-dealkylation sites (N-methyl/N-ethyl adjacent to an activating group) is 1. The second kappa shape index (κ2) is 8.49. The van der Waals surface area contributed by atoms with Crippen LogP contribution in [0.3, 0.4) is 0 Å². The van der Waals surface area contributed by atoms with Crippen molar-refractivity contribution in [1.82, 2.24) is 9.80 Å². The minimum absolute atomic E-state index is 0.0484. The van der Waals surface area contributed by atoms with Crippen LogP contribution in [0.15, 0.2) is 18.2 Å². The van der Waals surface area contributed by atoms with E-state index in [-0.39, 0.29) is 18.5 Å². The smallest absolute Gasteiger partial charge is 0.317 e. The van der Waals surface area contributed by atoms with Gasteiger partial charge in [0.15, 0.2) is 0 Å². The number of hydrogen-bond donors (Lipinski definition) is 1. The Labute approximate surface area is 148 Å². The molecular formula is C18H25ClN2O3. The average Bonchev–Trinajstić information content (AvgIpc) is 2.55. The molecule has 0 bridgehead atoms. The highest BCUT2D eigenvalue weighted by Gasteiger charge is 2.25. The summed E-state index contributed by atoms with van der Waals surface area (Å²) < 4.78 is 0. The highest BCUT2D eigenvalue weighted by atomic mass is 35.5. The highest BCUT2D eigenvalue weighted by molar-refractivity contribution is 6.31. The Morgan fingerprint density at radius 1 is 1.33 bits per heavy atom. The third-order valence-electron chi connectivity index (χ3n) is 4.69. The summed E-state index contributed by atoms with van der Waals surface area (Å²) in [6.45, 7) is 3.40. The number of amides is 1. The zero-order valence-corrected chi connectivity index (χ0v) is 15.1. The number of halogens is 1. The van der Waals surface area contributed by atoms with Gasteiger partial charge in [-0.25, -0.2) is 0 Å². The Morgan fingerprint density at radius 2 is 2.00 bits per heavy atom. The molecule has 0 aromatic heterocycles. The number of aryl methyl sites for hydroxylation is 2. The molecule has 0 saturated carbocycles. The molecule has 1 aromatic rings. The van der Waals surface area contributed by atoms with E-state index < -0.39 is 5.97 Å². The standard InChI is InChI=1S/C18H25ClN2O3/c1-13-3-4-14(11-16(13)19)5-6-17(22)21-9-7-15(8-10-21)20(2)12-18(23)24/h3-4,11,15H,5-10,12H2,1-2H3,(H,23,24). The van der Waals surface area contributed by atoms with E-state index in [0.717, 1.165) is 29.0 Å². The average molecular weight is 353 g/mol. The zero-order valence-electron chi connectivity index (χ0n) is 14.3. The van der Waals surface area contributed by atoms with Gasteiger partial charge in [-0.3, -0.25) is 14.5 Å². The van der Waals surface area contributed by atoms with Crippen molar-refractivity contribution in [3.8, 4) is 0 Å². The molecule has 2 rings (SSSR count). The van der Waals surface area contributed by atoms with E-state index in [0.29, 0.717) is 25.9 Å². The highest BCUT2D eigenvalue weighted by Crippen LogP contribution is 2.19. The molecule has 5 nitrogen and oxygen atoms in total. The third-order valence-corrected chi connectivity index (χ3v) is 5.10. The molecule has 1 saturated heterocycles. The fourth-order valence-corrected chi connectivity index (χ4v) is 3.30.